The van der Waals surface area contributed by atoms with Gasteiger partial charge in [0.15, 0.2) is 0 Å². The molecule has 8 heteroatoms. The summed E-state index contributed by atoms with van der Waals surface area (Å²) in [5.41, 5.74) is 8.32. The fourth-order valence-electron chi connectivity index (χ4n) is 3.67. The van der Waals surface area contributed by atoms with E-state index in [1.165, 1.54) is 9.87 Å². The number of nitrogens with two attached hydrogens (primary N) is 1. The summed E-state index contributed by atoms with van der Waals surface area (Å²) < 4.78 is 32.9. The molecule has 1 fully saturated rings. The highest BCUT2D eigenvalue weighted by Gasteiger charge is 2.35. The lowest BCUT2D eigenvalue weighted by molar-refractivity contribution is 0.139. The van der Waals surface area contributed by atoms with Gasteiger partial charge in [0.1, 0.15) is 6.73 Å². The van der Waals surface area contributed by atoms with Crippen LogP contribution < -0.4 is 5.73 Å². The van der Waals surface area contributed by atoms with Crippen molar-refractivity contribution in [3.63, 3.8) is 0 Å². The highest BCUT2D eigenvalue weighted by Crippen LogP contribution is 2.25. The zero-order valence-corrected chi connectivity index (χ0v) is 19.4. The van der Waals surface area contributed by atoms with E-state index in [0.717, 1.165) is 24.1 Å². The number of piperidine rings is 1. The summed E-state index contributed by atoms with van der Waals surface area (Å²) in [6, 6.07) is 17.1. The van der Waals surface area contributed by atoms with Crippen molar-refractivity contribution < 1.29 is 18.3 Å². The standard InChI is InChI=1S/C24H33N3O4S/c1-20(26-19-31-17-5-8-21-6-3-2-4-7-21)22-9-11-23(12-10-22)32(29,30)27-15-13-24(25,18-28)14-16-27/h2-4,6-7,9-12,28H,5,8,13-19,25H2,1H3. The SMILES string of the molecule is CC(=NCOCCCc1ccccc1)c1ccc(S(=O)(=O)N2CCC(N)(CO)CC2)cc1. The molecule has 0 atom stereocenters. The molecule has 7 nitrogen and oxygen atoms in total. The molecule has 0 radical (unpaired) electrons. The molecule has 174 valence electrons. The Hall–Kier alpha value is -2.10. The maximum atomic E-state index is 12.9. The third kappa shape index (κ3) is 6.46. The number of ether oxygens (including phenoxy) is 1. The molecule has 0 aliphatic carbocycles. The van der Waals surface area contributed by atoms with E-state index >= 15 is 0 Å². The van der Waals surface area contributed by atoms with E-state index in [-0.39, 0.29) is 18.2 Å². The highest BCUT2D eigenvalue weighted by atomic mass is 32.2. The molecule has 1 saturated heterocycles. The second-order valence-corrected chi connectivity index (χ2v) is 10.3. The molecule has 0 aromatic heterocycles. The van der Waals surface area contributed by atoms with Crippen molar-refractivity contribution in [1.29, 1.82) is 0 Å². The van der Waals surface area contributed by atoms with E-state index < -0.39 is 15.6 Å². The lowest BCUT2D eigenvalue weighted by atomic mass is 9.91. The molecule has 3 rings (SSSR count). The number of aliphatic hydroxyl groups excluding tert-OH is 1. The van der Waals surface area contributed by atoms with Crippen LogP contribution in [0.4, 0.5) is 0 Å². The topological polar surface area (TPSA) is 105 Å². The average Bonchev–Trinajstić information content (AvgIpc) is 2.82. The van der Waals surface area contributed by atoms with Crippen molar-refractivity contribution in [3.05, 3.63) is 65.7 Å². The summed E-state index contributed by atoms with van der Waals surface area (Å²) in [6.07, 6.45) is 2.80. The molecule has 32 heavy (non-hydrogen) atoms. The molecule has 1 aliphatic rings. The lowest BCUT2D eigenvalue weighted by Crippen LogP contribution is -2.53. The van der Waals surface area contributed by atoms with Gasteiger partial charge in [-0.15, -0.1) is 0 Å². The van der Waals surface area contributed by atoms with Crippen LogP contribution in [0.15, 0.2) is 64.5 Å². The monoisotopic (exact) mass is 459 g/mol. The van der Waals surface area contributed by atoms with Crippen LogP contribution in [0.25, 0.3) is 0 Å². The van der Waals surface area contributed by atoms with Crippen molar-refractivity contribution in [3.8, 4) is 0 Å². The van der Waals surface area contributed by atoms with E-state index in [0.29, 0.717) is 32.5 Å². The van der Waals surface area contributed by atoms with Crippen LogP contribution in [-0.2, 0) is 21.2 Å². The number of aryl methyl sites for hydroxylation is 1. The van der Waals surface area contributed by atoms with Gasteiger partial charge in [0.2, 0.25) is 10.0 Å². The minimum absolute atomic E-state index is 0.134. The van der Waals surface area contributed by atoms with E-state index in [1.54, 1.807) is 24.3 Å². The maximum Gasteiger partial charge on any atom is 0.243 e. The van der Waals surface area contributed by atoms with Crippen LogP contribution in [0.3, 0.4) is 0 Å². The molecule has 1 aliphatic heterocycles. The van der Waals surface area contributed by atoms with Gasteiger partial charge in [-0.1, -0.05) is 42.5 Å². The van der Waals surface area contributed by atoms with Crippen molar-refractivity contribution in [2.24, 2.45) is 10.7 Å². The first-order valence-electron chi connectivity index (χ1n) is 11.0. The summed E-state index contributed by atoms with van der Waals surface area (Å²) in [7, 11) is -3.58. The van der Waals surface area contributed by atoms with Gasteiger partial charge in [-0.25, -0.2) is 8.42 Å². The van der Waals surface area contributed by atoms with Crippen molar-refractivity contribution in [1.82, 2.24) is 4.31 Å². The van der Waals surface area contributed by atoms with Crippen LogP contribution in [-0.4, -0.2) is 62.1 Å². The van der Waals surface area contributed by atoms with Gasteiger partial charge in [-0.05, 0) is 55.9 Å². The third-order valence-electron chi connectivity index (χ3n) is 5.93. The third-order valence-corrected chi connectivity index (χ3v) is 7.85. The average molecular weight is 460 g/mol. The number of hydrogen-bond donors (Lipinski definition) is 2. The number of aliphatic imine (C=N–C) groups is 1. The van der Waals surface area contributed by atoms with Crippen molar-refractivity contribution >= 4 is 15.7 Å². The number of aliphatic hydroxyl groups is 1. The summed E-state index contributed by atoms with van der Waals surface area (Å²) >= 11 is 0. The molecule has 0 unspecified atom stereocenters. The van der Waals surface area contributed by atoms with Gasteiger partial charge in [0.25, 0.3) is 0 Å². The Bertz CT molecular complexity index is 984. The Morgan fingerprint density at radius 3 is 2.41 bits per heavy atom. The smallest absolute Gasteiger partial charge is 0.243 e. The second kappa shape index (κ2) is 11.2. The van der Waals surface area contributed by atoms with E-state index in [1.807, 2.05) is 25.1 Å². The van der Waals surface area contributed by atoms with Gasteiger partial charge in [-0.3, -0.25) is 4.99 Å². The second-order valence-electron chi connectivity index (χ2n) is 8.32. The predicted octanol–water partition coefficient (Wildman–Crippen LogP) is 2.58. The minimum atomic E-state index is -3.58. The number of rotatable bonds is 10. The van der Waals surface area contributed by atoms with Crippen LogP contribution in [0, 0.1) is 0 Å². The Morgan fingerprint density at radius 2 is 1.78 bits per heavy atom. The summed E-state index contributed by atoms with van der Waals surface area (Å²) in [4.78, 5) is 4.69. The molecule has 0 amide bonds. The molecule has 3 N–H and O–H groups in total. The summed E-state index contributed by atoms with van der Waals surface area (Å²) in [5.74, 6) is 0. The molecular formula is C24H33N3O4S. The largest absolute Gasteiger partial charge is 0.394 e. The minimum Gasteiger partial charge on any atom is -0.394 e. The normalized spacial score (nSPS) is 17.4. The number of sulfonamides is 1. The maximum absolute atomic E-state index is 12.9. The van der Waals surface area contributed by atoms with Gasteiger partial charge < -0.3 is 15.6 Å². The zero-order chi connectivity index (χ0) is 23.0. The zero-order valence-electron chi connectivity index (χ0n) is 18.6. The van der Waals surface area contributed by atoms with Gasteiger partial charge in [0.05, 0.1) is 11.5 Å². The van der Waals surface area contributed by atoms with Crippen LogP contribution >= 0.6 is 0 Å². The molecule has 0 saturated carbocycles. The fraction of sp³-hybridized carbons (Fsp3) is 0.458. The van der Waals surface area contributed by atoms with E-state index in [4.69, 9.17) is 10.5 Å². The Kier molecular flexibility index (Phi) is 8.56. The van der Waals surface area contributed by atoms with Crippen molar-refractivity contribution in [2.75, 3.05) is 33.0 Å². The first kappa shape index (κ1) is 24.5. The lowest BCUT2D eigenvalue weighted by Gasteiger charge is -2.37. The summed E-state index contributed by atoms with van der Waals surface area (Å²) in [5, 5.41) is 9.38. The highest BCUT2D eigenvalue weighted by molar-refractivity contribution is 7.89. The first-order valence-corrected chi connectivity index (χ1v) is 12.4. The van der Waals surface area contributed by atoms with Gasteiger partial charge in [-0.2, -0.15) is 4.31 Å². The Labute approximate surface area is 191 Å². The van der Waals surface area contributed by atoms with Gasteiger partial charge in [0, 0.05) is 30.9 Å². The predicted molar refractivity (Wildman–Crippen MR) is 126 cm³/mol. The molecule has 2 aromatic rings. The van der Waals surface area contributed by atoms with Gasteiger partial charge >= 0.3 is 0 Å². The van der Waals surface area contributed by atoms with Crippen molar-refractivity contribution in [2.45, 2.75) is 43.0 Å². The number of hydrogen-bond acceptors (Lipinski definition) is 6. The fourth-order valence-corrected chi connectivity index (χ4v) is 5.11. The molecule has 0 spiro atoms. The summed E-state index contributed by atoms with van der Waals surface area (Å²) in [6.45, 7) is 3.29. The number of benzene rings is 2. The Morgan fingerprint density at radius 1 is 1.12 bits per heavy atom. The van der Waals surface area contributed by atoms with E-state index in [9.17, 15) is 13.5 Å². The van der Waals surface area contributed by atoms with Crippen LogP contribution in [0.5, 0.6) is 0 Å². The first-order chi connectivity index (χ1) is 15.3. The van der Waals surface area contributed by atoms with E-state index in [2.05, 4.69) is 17.1 Å². The van der Waals surface area contributed by atoms with Crippen LogP contribution in [0.1, 0.15) is 37.3 Å². The van der Waals surface area contributed by atoms with Crippen LogP contribution in [0.2, 0.25) is 0 Å². The number of nitrogens with zero attached hydrogens (tertiary/aromatic N) is 2. The quantitative estimate of drug-likeness (QED) is 0.420. The molecular weight excluding hydrogens is 426 g/mol. The molecule has 2 aromatic carbocycles. The Balaban J connectivity index is 1.48. The molecule has 1 heterocycles. The molecule has 0 bridgehead atoms.